The number of para-hydroxylation sites is 1. The van der Waals surface area contributed by atoms with E-state index in [1.807, 2.05) is 4.90 Å². The Morgan fingerprint density at radius 3 is 2.58 bits per heavy atom. The van der Waals surface area contributed by atoms with Crippen LogP contribution in [0.2, 0.25) is 5.02 Å². The molecule has 1 aliphatic rings. The zero-order valence-electron chi connectivity index (χ0n) is 17.8. The molecule has 0 aliphatic carbocycles. The Balaban J connectivity index is 1.60. The summed E-state index contributed by atoms with van der Waals surface area (Å²) in [6, 6.07) is 15.1. The minimum atomic E-state index is -4.01. The molecule has 2 N–H and O–H groups in total. The van der Waals surface area contributed by atoms with Crippen LogP contribution in [0, 0.1) is 0 Å². The number of carbonyl (C=O) groups excluding carboxylic acids is 1. The summed E-state index contributed by atoms with van der Waals surface area (Å²) in [5, 5.41) is 3.07. The molecule has 8 nitrogen and oxygen atoms in total. The highest BCUT2D eigenvalue weighted by atomic mass is 35.5. The van der Waals surface area contributed by atoms with Gasteiger partial charge in [-0.15, -0.1) is 0 Å². The molecule has 1 aliphatic heterocycles. The number of morpholine rings is 1. The maximum Gasteiger partial charge on any atom is 0.264 e. The summed E-state index contributed by atoms with van der Waals surface area (Å²) in [5.41, 5.74) is 1.20. The van der Waals surface area contributed by atoms with Crippen molar-refractivity contribution < 1.29 is 22.4 Å². The van der Waals surface area contributed by atoms with E-state index >= 15 is 0 Å². The first kappa shape index (κ1) is 23.2. The van der Waals surface area contributed by atoms with E-state index in [9.17, 15) is 13.2 Å². The third kappa shape index (κ3) is 5.87. The number of nitrogens with zero attached hydrogens (tertiary/aromatic N) is 1. The fraction of sp³-hybridized carbons (Fsp3) is 0.261. The van der Waals surface area contributed by atoms with Crippen LogP contribution in [0.4, 0.5) is 17.1 Å². The fourth-order valence-corrected chi connectivity index (χ4v) is 5.10. The van der Waals surface area contributed by atoms with Crippen LogP contribution in [0.5, 0.6) is 0 Å². The molecule has 174 valence electrons. The van der Waals surface area contributed by atoms with Crippen LogP contribution >= 0.6 is 11.6 Å². The fourth-order valence-electron chi connectivity index (χ4n) is 3.53. The van der Waals surface area contributed by atoms with Crippen LogP contribution in [0.15, 0.2) is 70.2 Å². The van der Waals surface area contributed by atoms with Gasteiger partial charge >= 0.3 is 0 Å². The van der Waals surface area contributed by atoms with Crippen LogP contribution in [-0.2, 0) is 26.0 Å². The quantitative estimate of drug-likeness (QED) is 0.493. The second kappa shape index (κ2) is 10.3. The van der Waals surface area contributed by atoms with Gasteiger partial charge in [0.1, 0.15) is 10.7 Å². The highest BCUT2D eigenvalue weighted by Gasteiger charge is 2.25. The van der Waals surface area contributed by atoms with Gasteiger partial charge in [0.2, 0.25) is 5.91 Å². The highest BCUT2D eigenvalue weighted by molar-refractivity contribution is 7.93. The maximum atomic E-state index is 13.4. The third-order valence-corrected chi connectivity index (χ3v) is 6.91. The van der Waals surface area contributed by atoms with E-state index in [2.05, 4.69) is 10.0 Å². The van der Waals surface area contributed by atoms with Gasteiger partial charge in [-0.25, -0.2) is 8.42 Å². The van der Waals surface area contributed by atoms with Crippen molar-refractivity contribution in [2.45, 2.75) is 17.7 Å². The van der Waals surface area contributed by atoms with Gasteiger partial charge in [0.15, 0.2) is 0 Å². The molecule has 1 fully saturated rings. The number of furan rings is 1. The minimum absolute atomic E-state index is 0.0492. The second-order valence-corrected chi connectivity index (χ2v) is 9.55. The summed E-state index contributed by atoms with van der Waals surface area (Å²) < 4.78 is 40.0. The van der Waals surface area contributed by atoms with Crippen molar-refractivity contribution in [3.05, 3.63) is 71.6 Å². The molecule has 1 amide bonds. The van der Waals surface area contributed by atoms with E-state index in [0.717, 1.165) is 0 Å². The van der Waals surface area contributed by atoms with Gasteiger partial charge in [-0.2, -0.15) is 0 Å². The highest BCUT2D eigenvalue weighted by Crippen LogP contribution is 2.32. The lowest BCUT2D eigenvalue weighted by Crippen LogP contribution is -2.37. The van der Waals surface area contributed by atoms with Gasteiger partial charge in [-0.1, -0.05) is 23.7 Å². The molecule has 10 heteroatoms. The van der Waals surface area contributed by atoms with Crippen molar-refractivity contribution in [1.82, 2.24) is 0 Å². The number of amides is 1. The van der Waals surface area contributed by atoms with Crippen LogP contribution in [0.3, 0.4) is 0 Å². The molecule has 0 atom stereocenters. The van der Waals surface area contributed by atoms with Crippen LogP contribution in [-0.4, -0.2) is 40.6 Å². The SMILES string of the molecule is O=C(CCc1ccco1)Nc1ccc(N2CCOCC2)c(S(=O)(=O)Nc2ccccc2Cl)c1. The van der Waals surface area contributed by atoms with Crippen molar-refractivity contribution in [1.29, 1.82) is 0 Å². The molecule has 1 aromatic heterocycles. The second-order valence-electron chi connectivity index (χ2n) is 7.49. The summed E-state index contributed by atoms with van der Waals surface area (Å²) in [5.74, 6) is 0.466. The minimum Gasteiger partial charge on any atom is -0.469 e. The lowest BCUT2D eigenvalue weighted by molar-refractivity contribution is -0.116. The Morgan fingerprint density at radius 1 is 1.06 bits per heavy atom. The maximum absolute atomic E-state index is 13.4. The number of rotatable bonds is 8. The molecule has 2 heterocycles. The van der Waals surface area contributed by atoms with Crippen molar-refractivity contribution >= 4 is 44.6 Å². The smallest absolute Gasteiger partial charge is 0.264 e. The first-order chi connectivity index (χ1) is 15.9. The number of carbonyl (C=O) groups is 1. The van der Waals surface area contributed by atoms with Crippen LogP contribution in [0.25, 0.3) is 0 Å². The molecular weight excluding hydrogens is 466 g/mol. The van der Waals surface area contributed by atoms with Crippen LogP contribution in [0.1, 0.15) is 12.2 Å². The number of aryl methyl sites for hydroxylation is 1. The van der Waals surface area contributed by atoms with Gasteiger partial charge in [0.05, 0.1) is 35.9 Å². The van der Waals surface area contributed by atoms with Gasteiger partial charge in [0, 0.05) is 31.6 Å². The summed E-state index contributed by atoms with van der Waals surface area (Å²) in [7, 11) is -4.01. The first-order valence-electron chi connectivity index (χ1n) is 10.5. The summed E-state index contributed by atoms with van der Waals surface area (Å²) in [4.78, 5) is 14.4. The average molecular weight is 490 g/mol. The topological polar surface area (TPSA) is 101 Å². The monoisotopic (exact) mass is 489 g/mol. The van der Waals surface area contributed by atoms with E-state index in [-0.39, 0.29) is 27.9 Å². The number of nitrogens with one attached hydrogen (secondary N) is 2. The Bertz CT molecular complexity index is 1210. The molecular formula is C23H24ClN3O5S. The van der Waals surface area contributed by atoms with E-state index in [1.165, 1.54) is 6.07 Å². The summed E-state index contributed by atoms with van der Waals surface area (Å²) in [6.45, 7) is 2.12. The lowest BCUT2D eigenvalue weighted by atomic mass is 10.2. The Kier molecular flexibility index (Phi) is 7.22. The molecule has 0 unspecified atom stereocenters. The molecule has 33 heavy (non-hydrogen) atoms. The zero-order valence-corrected chi connectivity index (χ0v) is 19.4. The van der Waals surface area contributed by atoms with Gasteiger partial charge in [0.25, 0.3) is 10.0 Å². The number of hydrogen-bond acceptors (Lipinski definition) is 6. The number of anilines is 3. The molecule has 0 spiro atoms. The summed E-state index contributed by atoms with van der Waals surface area (Å²) >= 11 is 6.16. The van der Waals surface area contributed by atoms with Gasteiger partial charge in [-0.05, 0) is 42.5 Å². The van der Waals surface area contributed by atoms with Crippen molar-refractivity contribution in [2.24, 2.45) is 0 Å². The average Bonchev–Trinajstić information content (AvgIpc) is 3.33. The van der Waals surface area contributed by atoms with Crippen molar-refractivity contribution in [3.63, 3.8) is 0 Å². The van der Waals surface area contributed by atoms with Crippen LogP contribution < -0.4 is 14.9 Å². The number of ether oxygens (including phenoxy) is 1. The van der Waals surface area contributed by atoms with Gasteiger partial charge < -0.3 is 19.4 Å². The Hall–Kier alpha value is -3.01. The predicted molar refractivity (Wildman–Crippen MR) is 127 cm³/mol. The number of sulfonamides is 1. The van der Waals surface area contributed by atoms with Crippen molar-refractivity contribution in [3.8, 4) is 0 Å². The number of benzene rings is 2. The molecule has 2 aromatic carbocycles. The molecule has 1 saturated heterocycles. The largest absolute Gasteiger partial charge is 0.469 e. The van der Waals surface area contributed by atoms with E-state index in [1.54, 1.807) is 54.8 Å². The number of halogens is 1. The predicted octanol–water partition coefficient (Wildman–Crippen LogP) is 4.14. The molecule has 0 radical (unpaired) electrons. The third-order valence-electron chi connectivity index (χ3n) is 5.18. The van der Waals surface area contributed by atoms with Crippen molar-refractivity contribution in [2.75, 3.05) is 41.2 Å². The Labute approximate surface area is 197 Å². The lowest BCUT2D eigenvalue weighted by Gasteiger charge is -2.30. The normalized spacial score (nSPS) is 14.2. The molecule has 4 rings (SSSR count). The first-order valence-corrected chi connectivity index (χ1v) is 12.3. The standard InChI is InChI=1S/C23H24ClN3O5S/c24-19-5-1-2-6-20(19)26-33(29,30)22-16-17(7-9-21(22)27-11-14-31-15-12-27)25-23(28)10-8-18-4-3-13-32-18/h1-7,9,13,16,26H,8,10-12,14-15H2,(H,25,28). The zero-order chi connectivity index (χ0) is 23.3. The molecule has 3 aromatic rings. The van der Waals surface area contributed by atoms with E-state index in [4.69, 9.17) is 20.8 Å². The van der Waals surface area contributed by atoms with Gasteiger partial charge in [-0.3, -0.25) is 9.52 Å². The number of hydrogen-bond donors (Lipinski definition) is 2. The molecule has 0 saturated carbocycles. The van der Waals surface area contributed by atoms with E-state index < -0.39 is 10.0 Å². The van der Waals surface area contributed by atoms with E-state index in [0.29, 0.717) is 49.9 Å². The Morgan fingerprint density at radius 2 is 1.85 bits per heavy atom. The summed E-state index contributed by atoms with van der Waals surface area (Å²) in [6.07, 6.45) is 2.21. The molecule has 0 bridgehead atoms.